The molecule has 0 aliphatic rings. The molecule has 0 aliphatic carbocycles. The summed E-state index contributed by atoms with van der Waals surface area (Å²) in [5.74, 6) is -5.61. The Morgan fingerprint density at radius 1 is 0.912 bits per heavy atom. The fourth-order valence-corrected chi connectivity index (χ4v) is 2.60. The monoisotopic (exact) mass is 501 g/mol. The highest BCUT2D eigenvalue weighted by Crippen LogP contribution is 2.30. The highest BCUT2D eigenvalue weighted by Gasteiger charge is 2.31. The second-order valence-electron chi connectivity index (χ2n) is 7.08. The van der Waals surface area contributed by atoms with Gasteiger partial charge in [-0.2, -0.15) is 36.3 Å². The second kappa shape index (κ2) is 10.4. The maximum Gasteiger partial charge on any atom is 0.422 e. The molecule has 6 nitrogen and oxygen atoms in total. The van der Waals surface area contributed by atoms with Crippen molar-refractivity contribution >= 4 is 11.6 Å². The van der Waals surface area contributed by atoms with Gasteiger partial charge in [0.15, 0.2) is 13.2 Å². The third-order valence-corrected chi connectivity index (χ3v) is 4.02. The summed E-state index contributed by atoms with van der Waals surface area (Å²) in [5.41, 5.74) is -0.806. The van der Waals surface area contributed by atoms with E-state index in [9.17, 15) is 39.9 Å². The van der Waals surface area contributed by atoms with Crippen LogP contribution >= 0.6 is 0 Å². The van der Waals surface area contributed by atoms with Crippen LogP contribution in [0.2, 0.25) is 0 Å². The summed E-state index contributed by atoms with van der Waals surface area (Å²) in [7, 11) is 0. The maximum atomic E-state index is 13.1. The quantitative estimate of drug-likeness (QED) is 0.450. The number of hydrogen-bond acceptors (Lipinski definition) is 5. The zero-order chi connectivity index (χ0) is 25.7. The number of ether oxygens (including phenoxy) is 2. The summed E-state index contributed by atoms with van der Waals surface area (Å²) in [6, 6.07) is 4.48. The lowest BCUT2D eigenvalue weighted by molar-refractivity contribution is -0.154. The fraction of sp³-hybridized carbons (Fsp3) is 0.450. The summed E-state index contributed by atoms with van der Waals surface area (Å²) in [4.78, 5) is 21.2. The number of carbonyl (C=O) groups excluding carboxylic acids is 1. The number of aromatic nitrogens is 2. The van der Waals surface area contributed by atoms with Crippen molar-refractivity contribution in [2.75, 3.05) is 24.7 Å². The first-order valence-electron chi connectivity index (χ1n) is 9.63. The summed E-state index contributed by atoms with van der Waals surface area (Å²) in [6.45, 7) is -0.782. The van der Waals surface area contributed by atoms with Crippen LogP contribution in [0.4, 0.5) is 40.8 Å². The van der Waals surface area contributed by atoms with E-state index in [4.69, 9.17) is 4.74 Å². The number of halogens is 8. The maximum absolute atomic E-state index is 13.1. The Balaban J connectivity index is 2.26. The molecule has 1 aromatic carbocycles. The van der Waals surface area contributed by atoms with E-state index >= 15 is 0 Å². The van der Waals surface area contributed by atoms with E-state index in [1.54, 1.807) is 0 Å². The average molecular weight is 501 g/mol. The van der Waals surface area contributed by atoms with Crippen molar-refractivity contribution in [3.8, 4) is 11.8 Å². The van der Waals surface area contributed by atoms with Crippen molar-refractivity contribution in [1.29, 1.82) is 0 Å². The van der Waals surface area contributed by atoms with E-state index in [0.29, 0.717) is 6.92 Å². The van der Waals surface area contributed by atoms with Crippen molar-refractivity contribution < 1.29 is 49.4 Å². The molecule has 1 heterocycles. The molecule has 34 heavy (non-hydrogen) atoms. The molecule has 1 aromatic heterocycles. The molecule has 188 valence electrons. The molecule has 0 unspecified atom stereocenters. The van der Waals surface area contributed by atoms with Gasteiger partial charge in [-0.1, -0.05) is 0 Å². The predicted molar refractivity (Wildman–Crippen MR) is 103 cm³/mol. The first-order chi connectivity index (χ1) is 15.6. The molecule has 0 spiro atoms. The van der Waals surface area contributed by atoms with E-state index in [0.717, 1.165) is 35.2 Å². The lowest BCUT2D eigenvalue weighted by Gasteiger charge is -2.21. The fourth-order valence-electron chi connectivity index (χ4n) is 2.60. The molecular weight excluding hydrogens is 482 g/mol. The second-order valence-corrected chi connectivity index (χ2v) is 7.08. The van der Waals surface area contributed by atoms with Crippen LogP contribution < -0.4 is 14.4 Å². The van der Waals surface area contributed by atoms with Crippen molar-refractivity contribution in [1.82, 2.24) is 9.97 Å². The van der Waals surface area contributed by atoms with Gasteiger partial charge in [-0.15, -0.1) is 0 Å². The Hall–Kier alpha value is -3.19. The van der Waals surface area contributed by atoms with Crippen molar-refractivity contribution in [3.63, 3.8) is 0 Å². The number of nitrogens with zero attached hydrogens (tertiary/aromatic N) is 3. The summed E-state index contributed by atoms with van der Waals surface area (Å²) in [6.07, 6.45) is -9.92. The van der Waals surface area contributed by atoms with E-state index in [1.165, 1.54) is 6.92 Å². The number of amides is 1. The van der Waals surface area contributed by atoms with Gasteiger partial charge < -0.3 is 14.4 Å². The van der Waals surface area contributed by atoms with Crippen LogP contribution in [0.25, 0.3) is 0 Å². The number of likely N-dealkylation sites (N-methyl/N-ethyl adjacent to an activating group) is 1. The minimum atomic E-state index is -4.72. The first kappa shape index (κ1) is 27.1. The summed E-state index contributed by atoms with van der Waals surface area (Å²) < 4.78 is 111. The van der Waals surface area contributed by atoms with Crippen LogP contribution in [0.5, 0.6) is 11.8 Å². The smallest absolute Gasteiger partial charge is 0.422 e. The lowest BCUT2D eigenvalue weighted by atomic mass is 10.2. The number of benzene rings is 1. The van der Waals surface area contributed by atoms with E-state index < -0.39 is 67.0 Å². The largest absolute Gasteiger partial charge is 0.471 e. The Morgan fingerprint density at radius 2 is 1.44 bits per heavy atom. The number of hydrogen-bond donors (Lipinski definition) is 0. The van der Waals surface area contributed by atoms with Gasteiger partial charge in [0.05, 0.1) is 18.1 Å². The number of carbonyl (C=O) groups is 1. The van der Waals surface area contributed by atoms with Gasteiger partial charge >= 0.3 is 12.4 Å². The molecule has 0 saturated carbocycles. The normalized spacial score (nSPS) is 12.4. The SMILES string of the molecule is CCN(C(=O)Cc1nc(OCC(C)(F)F)cc(OCC(F)(F)F)n1)c1ccc(C(F)(F)F)cc1. The third kappa shape index (κ3) is 8.63. The highest BCUT2D eigenvalue weighted by molar-refractivity contribution is 5.94. The minimum absolute atomic E-state index is 0.0277. The van der Waals surface area contributed by atoms with Gasteiger partial charge in [-0.25, -0.2) is 8.78 Å². The van der Waals surface area contributed by atoms with Crippen LogP contribution in [-0.4, -0.2) is 47.7 Å². The molecule has 0 bridgehead atoms. The number of alkyl halides is 8. The molecule has 0 atom stereocenters. The van der Waals surface area contributed by atoms with E-state index in [2.05, 4.69) is 14.7 Å². The van der Waals surface area contributed by atoms with Gasteiger partial charge in [0.2, 0.25) is 17.7 Å². The van der Waals surface area contributed by atoms with Crippen LogP contribution in [-0.2, 0) is 17.4 Å². The van der Waals surface area contributed by atoms with E-state index in [1.807, 2.05) is 0 Å². The molecule has 2 aromatic rings. The van der Waals surface area contributed by atoms with E-state index in [-0.39, 0.29) is 12.2 Å². The molecule has 0 aliphatic heterocycles. The van der Waals surface area contributed by atoms with Crippen molar-refractivity contribution in [3.05, 3.63) is 41.7 Å². The van der Waals surface area contributed by atoms with Crippen LogP contribution in [0.3, 0.4) is 0 Å². The minimum Gasteiger partial charge on any atom is -0.471 e. The van der Waals surface area contributed by atoms with Crippen LogP contribution in [0.15, 0.2) is 30.3 Å². The molecule has 14 heteroatoms. The molecule has 0 N–H and O–H groups in total. The topological polar surface area (TPSA) is 64.6 Å². The van der Waals surface area contributed by atoms with Gasteiger partial charge in [0, 0.05) is 19.2 Å². The van der Waals surface area contributed by atoms with Gasteiger partial charge in [-0.05, 0) is 31.2 Å². The highest BCUT2D eigenvalue weighted by atomic mass is 19.4. The molecule has 1 amide bonds. The third-order valence-electron chi connectivity index (χ3n) is 4.02. The molecule has 2 rings (SSSR count). The van der Waals surface area contributed by atoms with Gasteiger partial charge in [0.25, 0.3) is 5.92 Å². The zero-order valence-electron chi connectivity index (χ0n) is 17.8. The zero-order valence-corrected chi connectivity index (χ0v) is 17.8. The number of rotatable bonds is 9. The van der Waals surface area contributed by atoms with Crippen molar-refractivity contribution in [2.24, 2.45) is 0 Å². The Morgan fingerprint density at radius 3 is 1.88 bits per heavy atom. The first-order valence-corrected chi connectivity index (χ1v) is 9.63. The molecule has 0 fully saturated rings. The molecule has 0 saturated heterocycles. The Kier molecular flexibility index (Phi) is 8.26. The Bertz CT molecular complexity index is 937. The Labute approximate surface area is 188 Å². The van der Waals surface area contributed by atoms with Gasteiger partial charge in [-0.3, -0.25) is 4.79 Å². The van der Waals surface area contributed by atoms with Crippen molar-refractivity contribution in [2.45, 2.75) is 38.5 Å². The summed E-state index contributed by atoms with van der Waals surface area (Å²) in [5, 5.41) is 0. The van der Waals surface area contributed by atoms with Gasteiger partial charge in [0.1, 0.15) is 5.82 Å². The van der Waals surface area contributed by atoms with Crippen LogP contribution in [0, 0.1) is 0 Å². The molecule has 0 radical (unpaired) electrons. The average Bonchev–Trinajstić information content (AvgIpc) is 2.70. The lowest BCUT2D eigenvalue weighted by Crippen LogP contribution is -2.32. The van der Waals surface area contributed by atoms with Crippen LogP contribution in [0.1, 0.15) is 25.2 Å². The number of anilines is 1. The summed E-state index contributed by atoms with van der Waals surface area (Å²) >= 11 is 0. The standard InChI is InChI=1S/C20H19F8N3O3/c1-3-31(13-6-4-12(5-7-13)20(26,27)28)17(32)8-14-29-15(33-10-18(2,21)22)9-16(30-14)34-11-19(23,24)25/h4-7,9H,3,8,10-11H2,1-2H3. The predicted octanol–water partition coefficient (Wildman–Crippen LogP) is 5.07. The molecular formula is C20H19F8N3O3.